The standard InChI is InChI=1S/C13H16N4O4/c1-8(14)13(16-12(19)7-18)9(2)15-10-5-3-4-6-11(10)17(20)21/h3-6,18H,7,14H2,1-2H3,(H,16,19). The maximum atomic E-state index is 11.2. The maximum absolute atomic E-state index is 11.2. The zero-order valence-corrected chi connectivity index (χ0v) is 11.7. The van der Waals surface area contributed by atoms with Crippen molar-refractivity contribution in [1.82, 2.24) is 5.32 Å². The van der Waals surface area contributed by atoms with Crippen molar-refractivity contribution in [2.45, 2.75) is 13.8 Å². The number of amides is 1. The highest BCUT2D eigenvalue weighted by Crippen LogP contribution is 2.27. The molecule has 1 amide bonds. The Hall–Kier alpha value is -2.74. The number of nitro benzene ring substituents is 1. The van der Waals surface area contributed by atoms with E-state index in [1.54, 1.807) is 19.9 Å². The molecule has 112 valence electrons. The molecular formula is C13H16N4O4. The van der Waals surface area contributed by atoms with Gasteiger partial charge in [-0.3, -0.25) is 14.9 Å². The molecule has 0 radical (unpaired) electrons. The first kappa shape index (κ1) is 16.3. The normalized spacial score (nSPS) is 12.6. The van der Waals surface area contributed by atoms with Crippen molar-refractivity contribution in [3.63, 3.8) is 0 Å². The van der Waals surface area contributed by atoms with Crippen molar-refractivity contribution in [2.75, 3.05) is 6.61 Å². The van der Waals surface area contributed by atoms with E-state index in [1.807, 2.05) is 0 Å². The fourth-order valence-electron chi connectivity index (χ4n) is 1.60. The van der Waals surface area contributed by atoms with Crippen molar-refractivity contribution in [3.8, 4) is 0 Å². The number of rotatable bonds is 5. The van der Waals surface area contributed by atoms with Gasteiger partial charge in [-0.25, -0.2) is 4.99 Å². The van der Waals surface area contributed by atoms with Crippen molar-refractivity contribution in [2.24, 2.45) is 10.7 Å². The van der Waals surface area contributed by atoms with Crippen LogP contribution in [0.2, 0.25) is 0 Å². The summed E-state index contributed by atoms with van der Waals surface area (Å²) < 4.78 is 0. The van der Waals surface area contributed by atoms with E-state index in [4.69, 9.17) is 10.8 Å². The SMILES string of the molecule is CC(=Nc1ccccc1[N+](=O)[O-])C(NC(=O)CO)=C(C)N. The largest absolute Gasteiger partial charge is 0.401 e. The van der Waals surface area contributed by atoms with Gasteiger partial charge in [-0.1, -0.05) is 12.1 Å². The molecule has 0 fully saturated rings. The van der Waals surface area contributed by atoms with Gasteiger partial charge in [0, 0.05) is 11.8 Å². The Morgan fingerprint density at radius 2 is 2.05 bits per heavy atom. The van der Waals surface area contributed by atoms with Crippen LogP contribution in [-0.2, 0) is 4.79 Å². The number of hydrogen-bond donors (Lipinski definition) is 3. The summed E-state index contributed by atoms with van der Waals surface area (Å²) in [6.45, 7) is 2.40. The number of allylic oxidation sites excluding steroid dienone is 2. The summed E-state index contributed by atoms with van der Waals surface area (Å²) in [5, 5.41) is 22.1. The lowest BCUT2D eigenvalue weighted by Gasteiger charge is -2.10. The lowest BCUT2D eigenvalue weighted by molar-refractivity contribution is -0.384. The number of aliphatic imine (C=N–C) groups is 1. The molecule has 1 aromatic carbocycles. The minimum Gasteiger partial charge on any atom is -0.401 e. The summed E-state index contributed by atoms with van der Waals surface area (Å²) in [4.78, 5) is 25.8. The number of nitrogens with two attached hydrogens (primary N) is 1. The molecule has 0 heterocycles. The van der Waals surface area contributed by atoms with Crippen molar-refractivity contribution in [3.05, 3.63) is 45.8 Å². The number of aliphatic hydroxyl groups excluding tert-OH is 1. The monoisotopic (exact) mass is 292 g/mol. The summed E-state index contributed by atoms with van der Waals surface area (Å²) in [7, 11) is 0. The summed E-state index contributed by atoms with van der Waals surface area (Å²) in [6, 6.07) is 5.96. The van der Waals surface area contributed by atoms with Gasteiger partial charge in [0.05, 0.1) is 16.3 Å². The minimum atomic E-state index is -0.699. The Labute approximate surface area is 121 Å². The molecular weight excluding hydrogens is 276 g/mol. The number of nitrogens with one attached hydrogen (secondary N) is 1. The Morgan fingerprint density at radius 3 is 2.57 bits per heavy atom. The number of aliphatic hydroxyl groups is 1. The van der Waals surface area contributed by atoms with Crippen molar-refractivity contribution in [1.29, 1.82) is 0 Å². The summed E-state index contributed by atoms with van der Waals surface area (Å²) in [5.41, 5.74) is 6.44. The molecule has 0 saturated heterocycles. The second-order valence-electron chi connectivity index (χ2n) is 4.21. The van der Waals surface area contributed by atoms with E-state index in [1.165, 1.54) is 18.2 Å². The van der Waals surface area contributed by atoms with E-state index >= 15 is 0 Å². The molecule has 8 nitrogen and oxygen atoms in total. The zero-order valence-electron chi connectivity index (χ0n) is 11.7. The fourth-order valence-corrected chi connectivity index (χ4v) is 1.60. The van der Waals surface area contributed by atoms with Gasteiger partial charge in [0.25, 0.3) is 5.69 Å². The highest BCUT2D eigenvalue weighted by molar-refractivity contribution is 6.03. The van der Waals surface area contributed by atoms with Gasteiger partial charge in [0.2, 0.25) is 5.91 Å². The number of benzene rings is 1. The predicted octanol–water partition coefficient (Wildman–Crippen LogP) is 0.986. The van der Waals surface area contributed by atoms with Crippen molar-refractivity contribution >= 4 is 23.0 Å². The van der Waals surface area contributed by atoms with E-state index in [0.717, 1.165) is 0 Å². The Morgan fingerprint density at radius 1 is 1.43 bits per heavy atom. The van der Waals surface area contributed by atoms with Gasteiger partial charge < -0.3 is 16.2 Å². The van der Waals surface area contributed by atoms with Crippen LogP contribution in [0.3, 0.4) is 0 Å². The summed E-state index contributed by atoms with van der Waals surface area (Å²) in [5.74, 6) is -0.646. The van der Waals surface area contributed by atoms with Gasteiger partial charge >= 0.3 is 0 Å². The molecule has 0 aliphatic carbocycles. The number of para-hydroxylation sites is 2. The molecule has 1 aromatic rings. The highest BCUT2D eigenvalue weighted by atomic mass is 16.6. The number of carbonyl (C=O) groups is 1. The molecule has 0 bridgehead atoms. The van der Waals surface area contributed by atoms with Crippen LogP contribution in [0.5, 0.6) is 0 Å². The third-order valence-electron chi connectivity index (χ3n) is 2.53. The Kier molecular flexibility index (Phi) is 5.56. The second-order valence-corrected chi connectivity index (χ2v) is 4.21. The van der Waals surface area contributed by atoms with Gasteiger partial charge in [-0.05, 0) is 19.9 Å². The molecule has 0 spiro atoms. The molecule has 0 saturated carbocycles. The average molecular weight is 292 g/mol. The molecule has 0 aliphatic heterocycles. The van der Waals surface area contributed by atoms with Gasteiger partial charge in [-0.15, -0.1) is 0 Å². The quantitative estimate of drug-likeness (QED) is 0.423. The van der Waals surface area contributed by atoms with Crippen LogP contribution in [0.1, 0.15) is 13.8 Å². The third-order valence-corrected chi connectivity index (χ3v) is 2.53. The summed E-state index contributed by atoms with van der Waals surface area (Å²) in [6.07, 6.45) is 0. The van der Waals surface area contributed by atoms with Gasteiger partial charge in [0.15, 0.2) is 0 Å². The lowest BCUT2D eigenvalue weighted by Crippen LogP contribution is -2.31. The van der Waals surface area contributed by atoms with Crippen LogP contribution < -0.4 is 11.1 Å². The van der Waals surface area contributed by atoms with E-state index in [0.29, 0.717) is 5.71 Å². The topological polar surface area (TPSA) is 131 Å². The Bertz CT molecular complexity index is 618. The van der Waals surface area contributed by atoms with Crippen LogP contribution in [0.15, 0.2) is 40.7 Å². The fraction of sp³-hybridized carbons (Fsp3) is 0.231. The van der Waals surface area contributed by atoms with E-state index in [9.17, 15) is 14.9 Å². The first-order valence-electron chi connectivity index (χ1n) is 6.03. The number of hydrogen-bond acceptors (Lipinski definition) is 6. The molecule has 21 heavy (non-hydrogen) atoms. The first-order valence-corrected chi connectivity index (χ1v) is 6.03. The minimum absolute atomic E-state index is 0.150. The van der Waals surface area contributed by atoms with E-state index < -0.39 is 17.4 Å². The molecule has 0 aliphatic rings. The van der Waals surface area contributed by atoms with Crippen LogP contribution in [0.4, 0.5) is 11.4 Å². The number of nitro groups is 1. The van der Waals surface area contributed by atoms with Crippen LogP contribution in [0, 0.1) is 10.1 Å². The highest BCUT2D eigenvalue weighted by Gasteiger charge is 2.14. The molecule has 1 rings (SSSR count). The van der Waals surface area contributed by atoms with Crippen LogP contribution >= 0.6 is 0 Å². The predicted molar refractivity (Wildman–Crippen MR) is 78.0 cm³/mol. The average Bonchev–Trinajstić information content (AvgIpc) is 2.44. The second kappa shape index (κ2) is 7.15. The lowest BCUT2D eigenvalue weighted by atomic mass is 10.2. The number of nitrogens with zero attached hydrogens (tertiary/aromatic N) is 2. The molecule has 0 aromatic heterocycles. The molecule has 8 heteroatoms. The van der Waals surface area contributed by atoms with Crippen LogP contribution in [-0.4, -0.2) is 28.3 Å². The molecule has 0 unspecified atom stereocenters. The van der Waals surface area contributed by atoms with E-state index in [2.05, 4.69) is 10.3 Å². The number of carbonyl (C=O) groups excluding carboxylic acids is 1. The third kappa shape index (κ3) is 4.39. The smallest absolute Gasteiger partial charge is 0.294 e. The van der Waals surface area contributed by atoms with Crippen molar-refractivity contribution < 1.29 is 14.8 Å². The first-order chi connectivity index (χ1) is 9.86. The van der Waals surface area contributed by atoms with Gasteiger partial charge in [0.1, 0.15) is 12.3 Å². The maximum Gasteiger partial charge on any atom is 0.294 e. The van der Waals surface area contributed by atoms with E-state index in [-0.39, 0.29) is 22.8 Å². The van der Waals surface area contributed by atoms with Gasteiger partial charge in [-0.2, -0.15) is 0 Å². The molecule has 4 N–H and O–H groups in total. The molecule has 0 atom stereocenters. The zero-order chi connectivity index (χ0) is 16.0. The van der Waals surface area contributed by atoms with Crippen LogP contribution in [0.25, 0.3) is 0 Å². The summed E-state index contributed by atoms with van der Waals surface area (Å²) >= 11 is 0. The Balaban J connectivity index is 3.22.